The fourth-order valence-corrected chi connectivity index (χ4v) is 3.11. The number of carbonyl (C=O) groups excluding carboxylic acids is 1. The van der Waals surface area contributed by atoms with Crippen LogP contribution in [0, 0.1) is 11.3 Å². The first kappa shape index (κ1) is 22.9. The molecule has 0 bridgehead atoms. The summed E-state index contributed by atoms with van der Waals surface area (Å²) in [5.74, 6) is 0.319. The zero-order valence-corrected chi connectivity index (χ0v) is 17.4. The predicted molar refractivity (Wildman–Crippen MR) is 113 cm³/mol. The second-order valence-corrected chi connectivity index (χ2v) is 7.98. The highest BCUT2D eigenvalue weighted by atomic mass is 32.2. The van der Waals surface area contributed by atoms with E-state index in [1.54, 1.807) is 19.2 Å². The van der Waals surface area contributed by atoms with Crippen molar-refractivity contribution in [2.75, 3.05) is 20.2 Å². The summed E-state index contributed by atoms with van der Waals surface area (Å²) in [5.41, 5.74) is 1.92. The number of methoxy groups -OCH3 is 1. The molecule has 9 heteroatoms. The van der Waals surface area contributed by atoms with Crippen LogP contribution in [0.25, 0.3) is 0 Å². The van der Waals surface area contributed by atoms with Crippen molar-refractivity contribution < 1.29 is 17.9 Å². The van der Waals surface area contributed by atoms with Crippen LogP contribution in [0.3, 0.4) is 0 Å². The predicted octanol–water partition coefficient (Wildman–Crippen LogP) is 1.24. The lowest BCUT2D eigenvalue weighted by Gasteiger charge is -2.07. The summed E-state index contributed by atoms with van der Waals surface area (Å²) in [6.07, 6.45) is 2.59. The number of primary sulfonamides is 1. The minimum absolute atomic E-state index is 0.0192. The van der Waals surface area contributed by atoms with Gasteiger partial charge in [-0.1, -0.05) is 24.3 Å². The van der Waals surface area contributed by atoms with Gasteiger partial charge in [0.15, 0.2) is 0 Å². The Labute approximate surface area is 176 Å². The first-order valence-corrected chi connectivity index (χ1v) is 10.7. The second kappa shape index (κ2) is 11.0. The third-order valence-electron chi connectivity index (χ3n) is 4.28. The van der Waals surface area contributed by atoms with Crippen molar-refractivity contribution in [3.05, 3.63) is 71.4 Å². The highest BCUT2D eigenvalue weighted by molar-refractivity contribution is 7.89. The summed E-state index contributed by atoms with van der Waals surface area (Å²) in [4.78, 5) is 12.2. The summed E-state index contributed by atoms with van der Waals surface area (Å²) < 4.78 is 27.6. The average Bonchev–Trinajstić information content (AvgIpc) is 2.74. The normalized spacial score (nSPS) is 11.4. The maximum absolute atomic E-state index is 12.1. The fourth-order valence-electron chi connectivity index (χ4n) is 2.59. The molecule has 4 N–H and O–H groups in total. The molecule has 0 spiro atoms. The zero-order chi connectivity index (χ0) is 22.0. The van der Waals surface area contributed by atoms with Crippen LogP contribution in [0.1, 0.15) is 11.1 Å². The summed E-state index contributed by atoms with van der Waals surface area (Å²) in [6, 6.07) is 15.6. The fraction of sp³-hybridized carbons (Fsp3) is 0.238. The Hall–Kier alpha value is -3.35. The van der Waals surface area contributed by atoms with E-state index in [1.165, 1.54) is 18.3 Å². The Kier molecular flexibility index (Phi) is 8.41. The number of benzene rings is 2. The Morgan fingerprint density at radius 3 is 2.17 bits per heavy atom. The van der Waals surface area contributed by atoms with Gasteiger partial charge in [-0.2, -0.15) is 5.26 Å². The van der Waals surface area contributed by atoms with Crippen molar-refractivity contribution in [3.8, 4) is 11.8 Å². The molecule has 30 heavy (non-hydrogen) atoms. The highest BCUT2D eigenvalue weighted by Gasteiger charge is 2.08. The van der Waals surface area contributed by atoms with Gasteiger partial charge in [0.2, 0.25) is 10.0 Å². The molecule has 2 rings (SSSR count). The second-order valence-electron chi connectivity index (χ2n) is 6.42. The van der Waals surface area contributed by atoms with Crippen molar-refractivity contribution in [2.45, 2.75) is 17.7 Å². The van der Waals surface area contributed by atoms with Crippen LogP contribution >= 0.6 is 0 Å². The van der Waals surface area contributed by atoms with Gasteiger partial charge in [0.25, 0.3) is 5.91 Å². The van der Waals surface area contributed by atoms with Gasteiger partial charge in [0.05, 0.1) is 12.0 Å². The van der Waals surface area contributed by atoms with Gasteiger partial charge in [-0.3, -0.25) is 4.79 Å². The van der Waals surface area contributed by atoms with Crippen molar-refractivity contribution in [1.82, 2.24) is 10.6 Å². The number of nitriles is 1. The summed E-state index contributed by atoms with van der Waals surface area (Å²) in [6.45, 7) is 0.875. The van der Waals surface area contributed by atoms with Crippen LogP contribution in [0.15, 0.2) is 65.2 Å². The molecule has 0 fully saturated rings. The maximum atomic E-state index is 12.1. The number of amides is 1. The van der Waals surface area contributed by atoms with Crippen molar-refractivity contribution in [2.24, 2.45) is 5.14 Å². The topological polar surface area (TPSA) is 134 Å². The monoisotopic (exact) mass is 428 g/mol. The van der Waals surface area contributed by atoms with Crippen molar-refractivity contribution in [1.29, 1.82) is 5.26 Å². The SMILES string of the molecule is COc1ccc(CCNC(=O)/C(C#N)=C\NCCc2ccc(S(N)(=O)=O)cc2)cc1. The quantitative estimate of drug-likeness (QED) is 0.296. The van der Waals surface area contributed by atoms with Crippen molar-refractivity contribution in [3.63, 3.8) is 0 Å². The lowest BCUT2D eigenvalue weighted by Crippen LogP contribution is -2.28. The Morgan fingerprint density at radius 2 is 1.63 bits per heavy atom. The summed E-state index contributed by atoms with van der Waals surface area (Å²) in [5, 5.41) is 19.9. The molecule has 0 aliphatic heterocycles. The third-order valence-corrected chi connectivity index (χ3v) is 5.21. The molecule has 0 saturated carbocycles. The number of nitrogens with zero attached hydrogens (tertiary/aromatic N) is 1. The Morgan fingerprint density at radius 1 is 1.07 bits per heavy atom. The number of ether oxygens (including phenoxy) is 1. The minimum Gasteiger partial charge on any atom is -0.497 e. The molecule has 2 aromatic rings. The summed E-state index contributed by atoms with van der Waals surface area (Å²) in [7, 11) is -2.11. The molecule has 2 aromatic carbocycles. The van der Waals surface area contributed by atoms with Gasteiger partial charge in [-0.25, -0.2) is 13.6 Å². The van der Waals surface area contributed by atoms with E-state index in [0.29, 0.717) is 25.9 Å². The number of sulfonamides is 1. The molecule has 158 valence electrons. The average molecular weight is 429 g/mol. The van der Waals surface area contributed by atoms with E-state index in [9.17, 15) is 18.5 Å². The van der Waals surface area contributed by atoms with E-state index in [-0.39, 0.29) is 10.5 Å². The molecule has 0 aliphatic carbocycles. The van der Waals surface area contributed by atoms with E-state index >= 15 is 0 Å². The Bertz CT molecular complexity index is 1020. The molecule has 0 radical (unpaired) electrons. The lowest BCUT2D eigenvalue weighted by atomic mass is 10.1. The highest BCUT2D eigenvalue weighted by Crippen LogP contribution is 2.11. The van der Waals surface area contributed by atoms with Gasteiger partial charge in [0.1, 0.15) is 17.4 Å². The number of nitrogens with one attached hydrogen (secondary N) is 2. The number of carbonyl (C=O) groups is 1. The van der Waals surface area contributed by atoms with Crippen LogP contribution in [-0.2, 0) is 27.7 Å². The largest absolute Gasteiger partial charge is 0.497 e. The van der Waals surface area contributed by atoms with Crippen LogP contribution < -0.4 is 20.5 Å². The van der Waals surface area contributed by atoms with E-state index in [0.717, 1.165) is 16.9 Å². The number of nitrogens with two attached hydrogens (primary N) is 1. The number of hydrogen-bond acceptors (Lipinski definition) is 6. The van der Waals surface area contributed by atoms with Gasteiger partial charge < -0.3 is 15.4 Å². The molecule has 0 aromatic heterocycles. The standard InChI is InChI=1S/C21H24N4O4S/c1-29-19-6-2-16(3-7-19)11-13-25-21(26)18(14-22)15-24-12-10-17-4-8-20(9-5-17)30(23,27)28/h2-9,15,24H,10-13H2,1H3,(H,25,26)(H2,23,27,28)/b18-15-. The molecule has 0 saturated heterocycles. The van der Waals surface area contributed by atoms with Crippen molar-refractivity contribution >= 4 is 15.9 Å². The molecule has 0 aliphatic rings. The molecule has 0 atom stereocenters. The van der Waals surface area contributed by atoms with Crippen LogP contribution in [0.4, 0.5) is 0 Å². The first-order chi connectivity index (χ1) is 14.3. The zero-order valence-electron chi connectivity index (χ0n) is 16.6. The van der Waals surface area contributed by atoms with E-state index in [2.05, 4.69) is 10.6 Å². The van der Waals surface area contributed by atoms with Crippen LogP contribution in [0.2, 0.25) is 0 Å². The van der Waals surface area contributed by atoms with Crippen LogP contribution in [0.5, 0.6) is 5.75 Å². The van der Waals surface area contributed by atoms with E-state index in [1.807, 2.05) is 30.3 Å². The first-order valence-electron chi connectivity index (χ1n) is 9.20. The molecule has 8 nitrogen and oxygen atoms in total. The van der Waals surface area contributed by atoms with E-state index < -0.39 is 15.9 Å². The van der Waals surface area contributed by atoms with Gasteiger partial charge in [-0.15, -0.1) is 0 Å². The molecular weight excluding hydrogens is 404 g/mol. The molecular formula is C21H24N4O4S. The minimum atomic E-state index is -3.71. The molecule has 0 heterocycles. The number of rotatable bonds is 10. The lowest BCUT2D eigenvalue weighted by molar-refractivity contribution is -0.117. The van der Waals surface area contributed by atoms with Gasteiger partial charge >= 0.3 is 0 Å². The Balaban J connectivity index is 1.77. The maximum Gasteiger partial charge on any atom is 0.263 e. The smallest absolute Gasteiger partial charge is 0.263 e. The summed E-state index contributed by atoms with van der Waals surface area (Å²) >= 11 is 0. The molecule has 1 amide bonds. The van der Waals surface area contributed by atoms with E-state index in [4.69, 9.17) is 9.88 Å². The van der Waals surface area contributed by atoms with Gasteiger partial charge in [-0.05, 0) is 48.2 Å². The van der Waals surface area contributed by atoms with Crippen LogP contribution in [-0.4, -0.2) is 34.5 Å². The van der Waals surface area contributed by atoms with Gasteiger partial charge in [0, 0.05) is 19.3 Å². The number of hydrogen-bond donors (Lipinski definition) is 3. The molecule has 0 unspecified atom stereocenters. The third kappa shape index (κ3) is 7.24.